The number of methoxy groups -OCH3 is 1. The number of hydrogen-bond donors (Lipinski definition) is 2. The summed E-state index contributed by atoms with van der Waals surface area (Å²) in [6, 6.07) is 8.95. The molecule has 0 radical (unpaired) electrons. The fourth-order valence-corrected chi connectivity index (χ4v) is 2.70. The van der Waals surface area contributed by atoms with E-state index in [0.29, 0.717) is 23.5 Å². The fraction of sp³-hybridized carbons (Fsp3) is 0.294. The largest absolute Gasteiger partial charge is 0.497 e. The molecule has 3 N–H and O–H groups in total. The van der Waals surface area contributed by atoms with Crippen LogP contribution in [0.4, 0.5) is 18.9 Å². The van der Waals surface area contributed by atoms with E-state index in [-0.39, 0.29) is 24.0 Å². The molecule has 2 aromatic carbocycles. The first-order valence-electron chi connectivity index (χ1n) is 7.43. The number of halogens is 3. The van der Waals surface area contributed by atoms with Crippen molar-refractivity contribution in [3.63, 3.8) is 0 Å². The number of anilines is 1. The SMILES string of the molecule is COc1ccc(-c2cccc3c2O[C@H](CN)CN3)c(C(F)(F)F)c1. The Morgan fingerprint density at radius 1 is 1.25 bits per heavy atom. The summed E-state index contributed by atoms with van der Waals surface area (Å²) in [6.45, 7) is 0.789. The Morgan fingerprint density at radius 2 is 2.04 bits per heavy atom. The highest BCUT2D eigenvalue weighted by Gasteiger charge is 2.35. The summed E-state index contributed by atoms with van der Waals surface area (Å²) in [6.07, 6.45) is -4.80. The predicted octanol–water partition coefficient (Wildman–Crippen LogP) is 3.51. The first-order chi connectivity index (χ1) is 11.4. The van der Waals surface area contributed by atoms with E-state index in [2.05, 4.69) is 5.32 Å². The van der Waals surface area contributed by atoms with Gasteiger partial charge in [0.15, 0.2) is 5.75 Å². The van der Waals surface area contributed by atoms with Crippen LogP contribution in [0.3, 0.4) is 0 Å². The lowest BCUT2D eigenvalue weighted by atomic mass is 9.97. The third kappa shape index (κ3) is 2.99. The number of nitrogens with two attached hydrogens (primary N) is 1. The number of ether oxygens (including phenoxy) is 2. The summed E-state index contributed by atoms with van der Waals surface area (Å²) in [5.41, 5.74) is 5.92. The molecule has 128 valence electrons. The quantitative estimate of drug-likeness (QED) is 0.899. The molecule has 1 atom stereocenters. The van der Waals surface area contributed by atoms with Gasteiger partial charge in [-0.15, -0.1) is 0 Å². The van der Waals surface area contributed by atoms with Crippen LogP contribution < -0.4 is 20.5 Å². The minimum absolute atomic E-state index is 0.0413. The number of nitrogens with one attached hydrogen (secondary N) is 1. The maximum atomic E-state index is 13.5. The van der Waals surface area contributed by atoms with Crippen molar-refractivity contribution in [2.75, 3.05) is 25.5 Å². The molecule has 0 aromatic heterocycles. The van der Waals surface area contributed by atoms with E-state index < -0.39 is 11.7 Å². The standard InChI is InChI=1S/C17H17F3N2O2/c1-23-10-5-6-12(14(7-10)17(18,19)20)13-3-2-4-15-16(13)24-11(8-21)9-22-15/h2-7,11,22H,8-9,21H2,1H3/t11-/m1/s1. The fourth-order valence-electron chi connectivity index (χ4n) is 2.70. The van der Waals surface area contributed by atoms with Gasteiger partial charge < -0.3 is 20.5 Å². The van der Waals surface area contributed by atoms with Crippen LogP contribution in [-0.2, 0) is 6.18 Å². The van der Waals surface area contributed by atoms with Crippen LogP contribution in [0.25, 0.3) is 11.1 Å². The van der Waals surface area contributed by atoms with Crippen molar-refractivity contribution in [3.05, 3.63) is 42.0 Å². The van der Waals surface area contributed by atoms with Crippen molar-refractivity contribution < 1.29 is 22.6 Å². The van der Waals surface area contributed by atoms with Gasteiger partial charge in [-0.25, -0.2) is 0 Å². The Balaban J connectivity index is 2.17. The Morgan fingerprint density at radius 3 is 2.71 bits per heavy atom. The van der Waals surface area contributed by atoms with Gasteiger partial charge in [0, 0.05) is 12.1 Å². The second-order valence-corrected chi connectivity index (χ2v) is 5.45. The van der Waals surface area contributed by atoms with Gasteiger partial charge in [-0.1, -0.05) is 12.1 Å². The van der Waals surface area contributed by atoms with Gasteiger partial charge in [0.1, 0.15) is 11.9 Å². The Kier molecular flexibility index (Phi) is 4.28. The number of fused-ring (bicyclic) bond motifs is 1. The van der Waals surface area contributed by atoms with Crippen molar-refractivity contribution in [2.45, 2.75) is 12.3 Å². The molecule has 0 fully saturated rings. The highest BCUT2D eigenvalue weighted by molar-refractivity contribution is 5.81. The third-order valence-electron chi connectivity index (χ3n) is 3.90. The zero-order chi connectivity index (χ0) is 17.3. The molecule has 1 aliphatic heterocycles. The Labute approximate surface area is 137 Å². The van der Waals surface area contributed by atoms with E-state index in [1.165, 1.54) is 19.2 Å². The van der Waals surface area contributed by atoms with Crippen LogP contribution in [-0.4, -0.2) is 26.3 Å². The summed E-state index contributed by atoms with van der Waals surface area (Å²) < 4.78 is 51.2. The summed E-state index contributed by atoms with van der Waals surface area (Å²) in [7, 11) is 1.33. The molecule has 1 heterocycles. The van der Waals surface area contributed by atoms with E-state index >= 15 is 0 Å². The first-order valence-corrected chi connectivity index (χ1v) is 7.43. The molecule has 0 saturated carbocycles. The van der Waals surface area contributed by atoms with E-state index in [4.69, 9.17) is 15.2 Å². The molecule has 2 aromatic rings. The second kappa shape index (κ2) is 6.24. The molecule has 4 nitrogen and oxygen atoms in total. The van der Waals surface area contributed by atoms with Gasteiger partial charge in [-0.05, 0) is 29.8 Å². The molecule has 0 spiro atoms. The van der Waals surface area contributed by atoms with Gasteiger partial charge in [-0.3, -0.25) is 0 Å². The normalized spacial score (nSPS) is 16.8. The van der Waals surface area contributed by atoms with E-state index in [0.717, 1.165) is 6.07 Å². The summed E-state index contributed by atoms with van der Waals surface area (Å²) >= 11 is 0. The number of rotatable bonds is 3. The van der Waals surface area contributed by atoms with Gasteiger partial charge >= 0.3 is 6.18 Å². The van der Waals surface area contributed by atoms with Gasteiger partial charge in [0.25, 0.3) is 0 Å². The van der Waals surface area contributed by atoms with Crippen molar-refractivity contribution in [3.8, 4) is 22.6 Å². The summed E-state index contributed by atoms with van der Waals surface area (Å²) in [4.78, 5) is 0. The average molecular weight is 338 g/mol. The van der Waals surface area contributed by atoms with Crippen LogP contribution in [0.15, 0.2) is 36.4 Å². The highest BCUT2D eigenvalue weighted by Crippen LogP contribution is 2.45. The molecule has 0 aliphatic carbocycles. The number of para-hydroxylation sites is 1. The molecule has 0 unspecified atom stereocenters. The van der Waals surface area contributed by atoms with Gasteiger partial charge in [0.05, 0.1) is 24.9 Å². The third-order valence-corrected chi connectivity index (χ3v) is 3.90. The minimum Gasteiger partial charge on any atom is -0.497 e. The molecule has 7 heteroatoms. The van der Waals surface area contributed by atoms with E-state index in [1.54, 1.807) is 18.2 Å². The van der Waals surface area contributed by atoms with Crippen molar-refractivity contribution in [1.29, 1.82) is 0 Å². The highest BCUT2D eigenvalue weighted by atomic mass is 19.4. The van der Waals surface area contributed by atoms with E-state index in [1.807, 2.05) is 0 Å². The monoisotopic (exact) mass is 338 g/mol. The first kappa shape index (κ1) is 16.4. The molecule has 24 heavy (non-hydrogen) atoms. The number of benzene rings is 2. The van der Waals surface area contributed by atoms with Crippen molar-refractivity contribution in [2.24, 2.45) is 5.73 Å². The molecule has 1 aliphatic rings. The topological polar surface area (TPSA) is 56.5 Å². The zero-order valence-electron chi connectivity index (χ0n) is 13.0. The number of alkyl halides is 3. The van der Waals surface area contributed by atoms with Crippen LogP contribution >= 0.6 is 0 Å². The summed E-state index contributed by atoms with van der Waals surface area (Å²) in [5, 5.41) is 3.14. The van der Waals surface area contributed by atoms with Crippen LogP contribution in [0.5, 0.6) is 11.5 Å². The average Bonchev–Trinajstić information content (AvgIpc) is 2.59. The molecular weight excluding hydrogens is 321 g/mol. The summed E-state index contributed by atoms with van der Waals surface area (Å²) in [5.74, 6) is 0.532. The van der Waals surface area contributed by atoms with Crippen LogP contribution in [0.1, 0.15) is 5.56 Å². The smallest absolute Gasteiger partial charge is 0.417 e. The van der Waals surface area contributed by atoms with Gasteiger partial charge in [0.2, 0.25) is 0 Å². The lowest BCUT2D eigenvalue weighted by Crippen LogP contribution is -2.37. The zero-order valence-corrected chi connectivity index (χ0v) is 13.0. The van der Waals surface area contributed by atoms with Crippen molar-refractivity contribution in [1.82, 2.24) is 0 Å². The van der Waals surface area contributed by atoms with Crippen LogP contribution in [0.2, 0.25) is 0 Å². The lowest BCUT2D eigenvalue weighted by molar-refractivity contribution is -0.137. The van der Waals surface area contributed by atoms with Crippen molar-refractivity contribution >= 4 is 5.69 Å². The predicted molar refractivity (Wildman–Crippen MR) is 85.4 cm³/mol. The Bertz CT molecular complexity index is 747. The van der Waals surface area contributed by atoms with Gasteiger partial charge in [-0.2, -0.15) is 13.2 Å². The molecular formula is C17H17F3N2O2. The Hall–Kier alpha value is -2.41. The second-order valence-electron chi connectivity index (χ2n) is 5.45. The lowest BCUT2D eigenvalue weighted by Gasteiger charge is -2.29. The van der Waals surface area contributed by atoms with E-state index in [9.17, 15) is 13.2 Å². The van der Waals surface area contributed by atoms with Crippen LogP contribution in [0, 0.1) is 0 Å². The maximum Gasteiger partial charge on any atom is 0.417 e. The molecule has 0 saturated heterocycles. The maximum absolute atomic E-state index is 13.5. The molecule has 0 bridgehead atoms. The molecule has 3 rings (SSSR count). The minimum atomic E-state index is -4.51. The molecule has 0 amide bonds. The number of hydrogen-bond acceptors (Lipinski definition) is 4.